The van der Waals surface area contributed by atoms with Gasteiger partial charge in [-0.3, -0.25) is 4.98 Å². The summed E-state index contributed by atoms with van der Waals surface area (Å²) in [6, 6.07) is 8.68. The molecule has 1 aromatic carbocycles. The first-order valence-corrected chi connectivity index (χ1v) is 8.63. The lowest BCUT2D eigenvalue weighted by Crippen LogP contribution is -2.14. The van der Waals surface area contributed by atoms with E-state index in [2.05, 4.69) is 64.7 Å². The number of hydrogen-bond acceptors (Lipinski definition) is 5. The zero-order valence-corrected chi connectivity index (χ0v) is 14.2. The molecule has 3 rings (SSSR count). The van der Waals surface area contributed by atoms with E-state index in [9.17, 15) is 0 Å². The quantitative estimate of drug-likeness (QED) is 0.655. The van der Waals surface area contributed by atoms with E-state index in [4.69, 9.17) is 0 Å². The Kier molecular flexibility index (Phi) is 4.98. The number of nitrogens with zero attached hydrogens (tertiary/aromatic N) is 3. The highest BCUT2D eigenvalue weighted by Crippen LogP contribution is 2.29. The minimum atomic E-state index is 0.384. The predicted molar refractivity (Wildman–Crippen MR) is 97.8 cm³/mol. The highest BCUT2D eigenvalue weighted by Gasteiger charge is 2.09. The molecule has 0 amide bonds. The van der Waals surface area contributed by atoms with Crippen molar-refractivity contribution in [3.8, 4) is 10.6 Å². The molecule has 4 nitrogen and oxygen atoms in total. The Hall–Kier alpha value is -2.27. The van der Waals surface area contributed by atoms with Crippen LogP contribution >= 0.6 is 11.3 Å². The molecule has 118 valence electrons. The van der Waals surface area contributed by atoms with E-state index in [0.29, 0.717) is 6.04 Å². The fourth-order valence-corrected chi connectivity index (χ4v) is 3.26. The Morgan fingerprint density at radius 3 is 3.00 bits per heavy atom. The van der Waals surface area contributed by atoms with E-state index < -0.39 is 0 Å². The van der Waals surface area contributed by atoms with Gasteiger partial charge in [0.2, 0.25) is 5.13 Å². The molecule has 0 aliphatic rings. The van der Waals surface area contributed by atoms with Crippen molar-refractivity contribution < 1.29 is 0 Å². The molecule has 0 saturated carbocycles. The van der Waals surface area contributed by atoms with E-state index in [0.717, 1.165) is 33.9 Å². The molecule has 0 aliphatic heterocycles. The van der Waals surface area contributed by atoms with Gasteiger partial charge >= 0.3 is 0 Å². The fourth-order valence-electron chi connectivity index (χ4n) is 2.41. The van der Waals surface area contributed by atoms with Gasteiger partial charge in [0.05, 0.1) is 0 Å². The predicted octanol–water partition coefficient (Wildman–Crippen LogP) is 4.91. The molecule has 0 saturated heterocycles. The van der Waals surface area contributed by atoms with Gasteiger partial charge in [-0.1, -0.05) is 35.6 Å². The van der Waals surface area contributed by atoms with Crippen molar-refractivity contribution in [1.82, 2.24) is 15.2 Å². The van der Waals surface area contributed by atoms with Crippen molar-refractivity contribution in [2.24, 2.45) is 0 Å². The Morgan fingerprint density at radius 2 is 2.13 bits per heavy atom. The Bertz CT molecular complexity index is 809. The number of fused-ring (bicyclic) bond motifs is 1. The molecule has 1 unspecified atom stereocenters. The van der Waals surface area contributed by atoms with Gasteiger partial charge < -0.3 is 5.32 Å². The lowest BCUT2D eigenvalue weighted by atomic mass is 10.1. The van der Waals surface area contributed by atoms with Crippen LogP contribution in [-0.4, -0.2) is 21.2 Å². The van der Waals surface area contributed by atoms with Crippen LogP contribution in [0.4, 0.5) is 5.13 Å². The average Bonchev–Trinajstić information content (AvgIpc) is 3.03. The summed E-state index contributed by atoms with van der Waals surface area (Å²) in [5, 5.41) is 16.1. The van der Waals surface area contributed by atoms with Gasteiger partial charge in [-0.15, -0.1) is 10.2 Å². The number of hydrogen-bond donors (Lipinski definition) is 1. The third-order valence-electron chi connectivity index (χ3n) is 3.68. The third kappa shape index (κ3) is 3.93. The van der Waals surface area contributed by atoms with E-state index in [1.165, 1.54) is 5.39 Å². The first-order valence-electron chi connectivity index (χ1n) is 7.81. The Labute approximate surface area is 140 Å². The van der Waals surface area contributed by atoms with Crippen LogP contribution in [0.25, 0.3) is 21.3 Å². The van der Waals surface area contributed by atoms with Crippen LogP contribution in [0.3, 0.4) is 0 Å². The molecule has 1 atom stereocenters. The van der Waals surface area contributed by atoms with Gasteiger partial charge in [0, 0.05) is 29.4 Å². The summed E-state index contributed by atoms with van der Waals surface area (Å²) in [7, 11) is 0. The van der Waals surface area contributed by atoms with E-state index in [1.54, 1.807) is 11.3 Å². The minimum Gasteiger partial charge on any atom is -0.358 e. The van der Waals surface area contributed by atoms with E-state index in [1.807, 2.05) is 18.5 Å². The zero-order chi connectivity index (χ0) is 16.1. The number of rotatable bonds is 6. The van der Waals surface area contributed by atoms with Crippen molar-refractivity contribution in [3.63, 3.8) is 0 Å². The lowest BCUT2D eigenvalue weighted by molar-refractivity contribution is 0.715. The fraction of sp³-hybridized carbons (Fsp3) is 0.278. The van der Waals surface area contributed by atoms with Gasteiger partial charge in [0.25, 0.3) is 0 Å². The first-order chi connectivity index (χ1) is 11.3. The van der Waals surface area contributed by atoms with Crippen LogP contribution in [-0.2, 0) is 0 Å². The lowest BCUT2D eigenvalue weighted by Gasteiger charge is -2.10. The Balaban J connectivity index is 1.72. The number of nitrogens with one attached hydrogen (secondary N) is 1. The Morgan fingerprint density at radius 1 is 1.22 bits per heavy atom. The summed E-state index contributed by atoms with van der Waals surface area (Å²) in [6.45, 7) is 4.22. The van der Waals surface area contributed by atoms with Crippen LogP contribution in [0.15, 0.2) is 48.8 Å². The highest BCUT2D eigenvalue weighted by molar-refractivity contribution is 7.18. The van der Waals surface area contributed by atoms with E-state index in [-0.39, 0.29) is 0 Å². The summed E-state index contributed by atoms with van der Waals surface area (Å²) >= 11 is 1.60. The zero-order valence-electron chi connectivity index (χ0n) is 13.4. The normalized spacial score (nSPS) is 12.8. The molecular weight excluding hydrogens is 304 g/mol. The van der Waals surface area contributed by atoms with Crippen molar-refractivity contribution >= 4 is 27.2 Å². The van der Waals surface area contributed by atoms with Crippen LogP contribution in [0.2, 0.25) is 0 Å². The standard InChI is InChI=1S/C18H20N4S/c1-3-4-5-6-13(2)20-18-22-21-17(23-18)15-7-8-16-12-19-10-9-14(16)11-15/h3-4,7-13H,5-6H2,1-2H3,(H,20,22)/b4-3-. The summed E-state index contributed by atoms with van der Waals surface area (Å²) < 4.78 is 0. The largest absolute Gasteiger partial charge is 0.358 e. The maximum absolute atomic E-state index is 4.32. The SMILES string of the molecule is C/C=C\CCC(C)Nc1nnc(-c2ccc3cnccc3c2)s1. The number of pyridine rings is 1. The second-order valence-corrected chi connectivity index (χ2v) is 6.52. The molecule has 0 bridgehead atoms. The van der Waals surface area contributed by atoms with Crippen molar-refractivity contribution in [2.45, 2.75) is 32.7 Å². The third-order valence-corrected chi connectivity index (χ3v) is 4.59. The monoisotopic (exact) mass is 324 g/mol. The molecule has 1 N–H and O–H groups in total. The molecule has 0 radical (unpaired) electrons. The summed E-state index contributed by atoms with van der Waals surface area (Å²) in [5.41, 5.74) is 1.09. The minimum absolute atomic E-state index is 0.384. The van der Waals surface area contributed by atoms with Gasteiger partial charge in [-0.25, -0.2) is 0 Å². The highest BCUT2D eigenvalue weighted by atomic mass is 32.1. The van der Waals surface area contributed by atoms with Crippen LogP contribution in [0.1, 0.15) is 26.7 Å². The maximum atomic E-state index is 4.32. The summed E-state index contributed by atoms with van der Waals surface area (Å²) in [6.07, 6.45) is 10.1. The van der Waals surface area contributed by atoms with Gasteiger partial charge in [0.15, 0.2) is 0 Å². The molecule has 0 aliphatic carbocycles. The van der Waals surface area contributed by atoms with Crippen molar-refractivity contribution in [3.05, 3.63) is 48.8 Å². The summed E-state index contributed by atoms with van der Waals surface area (Å²) in [4.78, 5) is 4.14. The smallest absolute Gasteiger partial charge is 0.206 e. The van der Waals surface area contributed by atoms with Gasteiger partial charge in [-0.2, -0.15) is 0 Å². The number of allylic oxidation sites excluding steroid dienone is 2. The molecular formula is C18H20N4S. The second-order valence-electron chi connectivity index (χ2n) is 5.54. The maximum Gasteiger partial charge on any atom is 0.206 e. The number of anilines is 1. The number of aromatic nitrogens is 3. The number of benzene rings is 1. The molecule has 5 heteroatoms. The van der Waals surface area contributed by atoms with Gasteiger partial charge in [-0.05, 0) is 44.2 Å². The topological polar surface area (TPSA) is 50.7 Å². The van der Waals surface area contributed by atoms with Crippen LogP contribution in [0.5, 0.6) is 0 Å². The average molecular weight is 324 g/mol. The molecule has 0 spiro atoms. The van der Waals surface area contributed by atoms with E-state index >= 15 is 0 Å². The van der Waals surface area contributed by atoms with Gasteiger partial charge in [0.1, 0.15) is 5.01 Å². The molecule has 23 heavy (non-hydrogen) atoms. The van der Waals surface area contributed by atoms with Crippen LogP contribution < -0.4 is 5.32 Å². The molecule has 0 fully saturated rings. The van der Waals surface area contributed by atoms with Crippen LogP contribution in [0, 0.1) is 0 Å². The molecule has 2 aromatic heterocycles. The van der Waals surface area contributed by atoms with Crippen molar-refractivity contribution in [1.29, 1.82) is 0 Å². The first kappa shape index (κ1) is 15.6. The molecule has 2 heterocycles. The van der Waals surface area contributed by atoms with Crippen molar-refractivity contribution in [2.75, 3.05) is 5.32 Å². The summed E-state index contributed by atoms with van der Waals surface area (Å²) in [5.74, 6) is 0. The second kappa shape index (κ2) is 7.33. The molecule has 3 aromatic rings.